The highest BCUT2D eigenvalue weighted by atomic mass is 35.5. The molecule has 0 spiro atoms. The van der Waals surface area contributed by atoms with Crippen LogP contribution in [0.5, 0.6) is 0 Å². The number of nitrogens with zero attached hydrogens (tertiary/aromatic N) is 1. The third-order valence-corrected chi connectivity index (χ3v) is 3.57. The van der Waals surface area contributed by atoms with Crippen molar-refractivity contribution >= 4 is 17.5 Å². The van der Waals surface area contributed by atoms with Crippen molar-refractivity contribution in [2.45, 2.75) is 18.9 Å². The van der Waals surface area contributed by atoms with Crippen molar-refractivity contribution in [1.29, 1.82) is 0 Å². The van der Waals surface area contributed by atoms with Crippen LogP contribution in [0, 0.1) is 5.82 Å². The maximum Gasteiger partial charge on any atom is 0.256 e. The van der Waals surface area contributed by atoms with E-state index in [0.29, 0.717) is 37.6 Å². The Hall–Kier alpha value is -1.17. The molecule has 1 amide bonds. The first-order valence-electron chi connectivity index (χ1n) is 6.58. The van der Waals surface area contributed by atoms with Gasteiger partial charge in [-0.2, -0.15) is 0 Å². The average Bonchev–Trinajstić information content (AvgIpc) is 2.47. The topological polar surface area (TPSA) is 49.8 Å². The molecule has 20 heavy (non-hydrogen) atoms. The fraction of sp³-hybridized carbons (Fsp3) is 0.500. The highest BCUT2D eigenvalue weighted by Gasteiger charge is 2.25. The zero-order chi connectivity index (χ0) is 14.5. The Balaban J connectivity index is 1.96. The van der Waals surface area contributed by atoms with Gasteiger partial charge < -0.3 is 14.7 Å². The first-order valence-corrected chi connectivity index (χ1v) is 6.96. The summed E-state index contributed by atoms with van der Waals surface area (Å²) in [6, 6.07) is 3.98. The molecule has 1 aliphatic rings. The number of halogens is 2. The molecule has 110 valence electrons. The van der Waals surface area contributed by atoms with E-state index in [9.17, 15) is 9.18 Å². The van der Waals surface area contributed by atoms with Gasteiger partial charge in [0.05, 0.1) is 24.9 Å². The minimum absolute atomic E-state index is 0.00669. The van der Waals surface area contributed by atoms with Gasteiger partial charge in [-0.1, -0.05) is 11.6 Å². The SMILES string of the molecule is O=C(c1cc(Cl)ccc1F)N1CCC(OCCO)CC1. The minimum atomic E-state index is -0.557. The Labute approximate surface area is 122 Å². The summed E-state index contributed by atoms with van der Waals surface area (Å²) in [7, 11) is 0. The van der Waals surface area contributed by atoms with Crippen molar-refractivity contribution in [2.24, 2.45) is 0 Å². The predicted molar refractivity (Wildman–Crippen MR) is 73.4 cm³/mol. The third kappa shape index (κ3) is 3.69. The first kappa shape index (κ1) is 15.2. The van der Waals surface area contributed by atoms with Gasteiger partial charge in [0.25, 0.3) is 5.91 Å². The van der Waals surface area contributed by atoms with E-state index in [1.165, 1.54) is 18.2 Å². The lowest BCUT2D eigenvalue weighted by atomic mass is 10.1. The van der Waals surface area contributed by atoms with E-state index in [-0.39, 0.29) is 24.2 Å². The second kappa shape index (κ2) is 7.02. The molecule has 0 saturated carbocycles. The van der Waals surface area contributed by atoms with Gasteiger partial charge in [0.1, 0.15) is 5.82 Å². The number of rotatable bonds is 4. The lowest BCUT2D eigenvalue weighted by Crippen LogP contribution is -2.41. The Bertz CT molecular complexity index is 475. The summed E-state index contributed by atoms with van der Waals surface area (Å²) in [5.74, 6) is -0.899. The number of likely N-dealkylation sites (tertiary alicyclic amines) is 1. The molecule has 0 unspecified atom stereocenters. The summed E-state index contributed by atoms with van der Waals surface area (Å²) < 4.78 is 19.1. The van der Waals surface area contributed by atoms with Crippen molar-refractivity contribution in [2.75, 3.05) is 26.3 Å². The smallest absolute Gasteiger partial charge is 0.256 e. The van der Waals surface area contributed by atoms with Gasteiger partial charge in [-0.3, -0.25) is 4.79 Å². The van der Waals surface area contributed by atoms with E-state index < -0.39 is 5.82 Å². The van der Waals surface area contributed by atoms with Crippen LogP contribution < -0.4 is 0 Å². The number of carbonyl (C=O) groups is 1. The number of carbonyl (C=O) groups excluding carboxylic acids is 1. The van der Waals surface area contributed by atoms with Gasteiger partial charge >= 0.3 is 0 Å². The lowest BCUT2D eigenvalue weighted by molar-refractivity contribution is -0.00561. The van der Waals surface area contributed by atoms with Crippen LogP contribution in [0.1, 0.15) is 23.2 Å². The molecule has 0 aromatic heterocycles. The average molecular weight is 302 g/mol. The van der Waals surface area contributed by atoms with Gasteiger partial charge in [-0.25, -0.2) is 4.39 Å². The number of piperidine rings is 1. The molecule has 0 atom stereocenters. The molecule has 1 saturated heterocycles. The van der Waals surface area contributed by atoms with Crippen LogP contribution >= 0.6 is 11.6 Å². The monoisotopic (exact) mass is 301 g/mol. The molecule has 0 radical (unpaired) electrons. The summed E-state index contributed by atoms with van der Waals surface area (Å²) in [6.07, 6.45) is 1.43. The van der Waals surface area contributed by atoms with Crippen molar-refractivity contribution in [3.63, 3.8) is 0 Å². The molecule has 1 fully saturated rings. The molecule has 1 aromatic carbocycles. The number of aliphatic hydroxyl groups is 1. The Morgan fingerprint density at radius 3 is 2.80 bits per heavy atom. The molecule has 4 nitrogen and oxygen atoms in total. The third-order valence-electron chi connectivity index (χ3n) is 3.33. The van der Waals surface area contributed by atoms with Gasteiger partial charge in [0, 0.05) is 18.1 Å². The van der Waals surface area contributed by atoms with Crippen LogP contribution in [-0.4, -0.2) is 48.3 Å². The zero-order valence-corrected chi connectivity index (χ0v) is 11.8. The quantitative estimate of drug-likeness (QED) is 0.926. The van der Waals surface area contributed by atoms with Gasteiger partial charge in [-0.05, 0) is 31.0 Å². The molecular formula is C14H17ClFNO3. The second-order valence-corrected chi connectivity index (χ2v) is 5.15. The largest absolute Gasteiger partial charge is 0.394 e. The number of hydrogen-bond acceptors (Lipinski definition) is 3. The fourth-order valence-corrected chi connectivity index (χ4v) is 2.45. The normalized spacial score (nSPS) is 16.4. The highest BCUT2D eigenvalue weighted by Crippen LogP contribution is 2.20. The Morgan fingerprint density at radius 1 is 1.45 bits per heavy atom. The summed E-state index contributed by atoms with van der Waals surface area (Å²) >= 11 is 5.80. The standard InChI is InChI=1S/C14H17ClFNO3/c15-10-1-2-13(16)12(9-10)14(19)17-5-3-11(4-6-17)20-8-7-18/h1-2,9,11,18H,3-8H2. The molecule has 1 heterocycles. The summed E-state index contributed by atoms with van der Waals surface area (Å²) in [6.45, 7) is 1.33. The van der Waals surface area contributed by atoms with E-state index in [4.69, 9.17) is 21.4 Å². The fourth-order valence-electron chi connectivity index (χ4n) is 2.28. The van der Waals surface area contributed by atoms with Gasteiger partial charge in [0.2, 0.25) is 0 Å². The van der Waals surface area contributed by atoms with E-state index in [2.05, 4.69) is 0 Å². The second-order valence-electron chi connectivity index (χ2n) is 4.71. The molecule has 2 rings (SSSR count). The predicted octanol–water partition coefficient (Wildman–Crippen LogP) is 2.09. The van der Waals surface area contributed by atoms with E-state index >= 15 is 0 Å². The van der Waals surface area contributed by atoms with Crippen LogP contribution in [0.4, 0.5) is 4.39 Å². The van der Waals surface area contributed by atoms with Crippen molar-refractivity contribution in [3.05, 3.63) is 34.6 Å². The number of ether oxygens (including phenoxy) is 1. The van der Waals surface area contributed by atoms with Crippen molar-refractivity contribution in [3.8, 4) is 0 Å². The number of aliphatic hydroxyl groups excluding tert-OH is 1. The maximum absolute atomic E-state index is 13.7. The van der Waals surface area contributed by atoms with Gasteiger partial charge in [0.15, 0.2) is 0 Å². The summed E-state index contributed by atoms with van der Waals surface area (Å²) in [5.41, 5.74) is 0.00669. The lowest BCUT2D eigenvalue weighted by Gasteiger charge is -2.32. The van der Waals surface area contributed by atoms with Crippen molar-refractivity contribution < 1.29 is 19.0 Å². The van der Waals surface area contributed by atoms with E-state index in [0.717, 1.165) is 0 Å². The summed E-state index contributed by atoms with van der Waals surface area (Å²) in [4.78, 5) is 13.8. The molecule has 1 aromatic rings. The molecule has 1 N–H and O–H groups in total. The minimum Gasteiger partial charge on any atom is -0.394 e. The zero-order valence-electron chi connectivity index (χ0n) is 11.0. The van der Waals surface area contributed by atoms with Crippen LogP contribution in [0.3, 0.4) is 0 Å². The number of amides is 1. The summed E-state index contributed by atoms with van der Waals surface area (Å²) in [5, 5.41) is 9.04. The maximum atomic E-state index is 13.7. The van der Waals surface area contributed by atoms with Crippen molar-refractivity contribution in [1.82, 2.24) is 4.90 Å². The van der Waals surface area contributed by atoms with Crippen LogP contribution in [-0.2, 0) is 4.74 Å². The molecular weight excluding hydrogens is 285 g/mol. The Kier molecular flexibility index (Phi) is 5.34. The number of benzene rings is 1. The number of hydrogen-bond donors (Lipinski definition) is 1. The van der Waals surface area contributed by atoms with Crippen LogP contribution in [0.2, 0.25) is 5.02 Å². The van der Waals surface area contributed by atoms with Crippen LogP contribution in [0.25, 0.3) is 0 Å². The molecule has 1 aliphatic heterocycles. The Morgan fingerprint density at radius 2 is 2.15 bits per heavy atom. The molecule has 0 aliphatic carbocycles. The highest BCUT2D eigenvalue weighted by molar-refractivity contribution is 6.31. The van der Waals surface area contributed by atoms with E-state index in [1.54, 1.807) is 4.90 Å². The van der Waals surface area contributed by atoms with E-state index in [1.807, 2.05) is 0 Å². The first-order chi connectivity index (χ1) is 9.61. The molecule has 6 heteroatoms. The van der Waals surface area contributed by atoms with Crippen LogP contribution in [0.15, 0.2) is 18.2 Å². The van der Waals surface area contributed by atoms with Gasteiger partial charge in [-0.15, -0.1) is 0 Å². The molecule has 0 bridgehead atoms.